The maximum Gasteiger partial charge on any atom is 0.308 e. The maximum atomic E-state index is 11.8. The summed E-state index contributed by atoms with van der Waals surface area (Å²) in [5, 5.41) is 0. The van der Waals surface area contributed by atoms with Crippen molar-refractivity contribution < 1.29 is 9.53 Å². The van der Waals surface area contributed by atoms with Gasteiger partial charge in [0.2, 0.25) is 0 Å². The van der Waals surface area contributed by atoms with Crippen LogP contribution in [0.25, 0.3) is 0 Å². The SMILES string of the molecule is CCOC(=O)[C@@H]1CCC23CC[C@H](C1)C(C2)C3. The molecular weight excluding hydrogens is 200 g/mol. The first-order valence-electron chi connectivity index (χ1n) is 6.89. The summed E-state index contributed by atoms with van der Waals surface area (Å²) in [6.45, 7) is 2.44. The second kappa shape index (κ2) is 3.75. The van der Waals surface area contributed by atoms with Crippen LogP contribution in [-0.4, -0.2) is 12.6 Å². The fourth-order valence-electron chi connectivity index (χ4n) is 4.39. The molecule has 6 rings (SSSR count). The number of carbonyl (C=O) groups excluding carboxylic acids is 1. The Kier molecular flexibility index (Phi) is 2.49. The molecule has 1 spiro atoms. The lowest BCUT2D eigenvalue weighted by Gasteiger charge is -2.59. The Balaban J connectivity index is 1.69. The van der Waals surface area contributed by atoms with E-state index in [-0.39, 0.29) is 11.9 Å². The van der Waals surface area contributed by atoms with Crippen molar-refractivity contribution >= 4 is 5.97 Å². The molecule has 0 aliphatic heterocycles. The van der Waals surface area contributed by atoms with Gasteiger partial charge in [-0.2, -0.15) is 0 Å². The predicted octanol–water partition coefficient (Wildman–Crippen LogP) is 3.16. The van der Waals surface area contributed by atoms with Gasteiger partial charge in [0, 0.05) is 0 Å². The molecular formula is C14H22O2. The Morgan fingerprint density at radius 1 is 1.25 bits per heavy atom. The largest absolute Gasteiger partial charge is 0.466 e. The summed E-state index contributed by atoms with van der Waals surface area (Å²) in [5.74, 6) is 2.07. The summed E-state index contributed by atoms with van der Waals surface area (Å²) in [4.78, 5) is 11.8. The predicted molar refractivity (Wildman–Crippen MR) is 61.9 cm³/mol. The highest BCUT2D eigenvalue weighted by Gasteiger charge is 2.53. The normalized spacial score (nSPS) is 45.4. The number of hydrogen-bond acceptors (Lipinski definition) is 2. The highest BCUT2D eigenvalue weighted by Crippen LogP contribution is 2.63. The molecule has 0 aromatic rings. The fraction of sp³-hybridized carbons (Fsp3) is 0.929. The molecule has 2 heteroatoms. The van der Waals surface area contributed by atoms with E-state index in [1.54, 1.807) is 0 Å². The first kappa shape index (κ1) is 10.6. The van der Waals surface area contributed by atoms with Crippen molar-refractivity contribution in [1.29, 1.82) is 0 Å². The van der Waals surface area contributed by atoms with Crippen LogP contribution in [0.2, 0.25) is 0 Å². The van der Waals surface area contributed by atoms with Gasteiger partial charge in [-0.25, -0.2) is 0 Å². The molecule has 0 unspecified atom stereocenters. The van der Waals surface area contributed by atoms with Crippen molar-refractivity contribution in [1.82, 2.24) is 0 Å². The summed E-state index contributed by atoms with van der Waals surface area (Å²) >= 11 is 0. The van der Waals surface area contributed by atoms with E-state index in [1.807, 2.05) is 6.92 Å². The standard InChI is InChI=1S/C14H22O2/c1-2-16-13(15)11-4-6-14-5-3-10(7-11)12(8-14)9-14/h10-12H,2-9H2,1H3/t10-,11-,12?,14?/m1/s1. The van der Waals surface area contributed by atoms with Crippen LogP contribution in [0.15, 0.2) is 0 Å². The molecule has 6 aliphatic carbocycles. The molecule has 0 saturated heterocycles. The van der Waals surface area contributed by atoms with Crippen LogP contribution in [0.4, 0.5) is 0 Å². The van der Waals surface area contributed by atoms with Crippen LogP contribution in [0.3, 0.4) is 0 Å². The van der Waals surface area contributed by atoms with Gasteiger partial charge < -0.3 is 4.74 Å². The molecule has 6 saturated carbocycles. The Morgan fingerprint density at radius 2 is 2.00 bits per heavy atom. The van der Waals surface area contributed by atoms with Crippen molar-refractivity contribution in [3.63, 3.8) is 0 Å². The lowest BCUT2D eigenvalue weighted by molar-refractivity contribution is -0.154. The zero-order valence-electron chi connectivity index (χ0n) is 10.2. The van der Waals surface area contributed by atoms with Crippen LogP contribution in [-0.2, 0) is 9.53 Å². The van der Waals surface area contributed by atoms with Crippen molar-refractivity contribution in [2.75, 3.05) is 6.61 Å². The minimum Gasteiger partial charge on any atom is -0.466 e. The summed E-state index contributed by atoms with van der Waals surface area (Å²) < 4.78 is 5.19. The molecule has 0 N–H and O–H groups in total. The Labute approximate surface area is 97.7 Å². The van der Waals surface area contributed by atoms with Crippen molar-refractivity contribution in [3.05, 3.63) is 0 Å². The highest BCUT2D eigenvalue weighted by atomic mass is 16.5. The van der Waals surface area contributed by atoms with Crippen LogP contribution < -0.4 is 0 Å². The lowest BCUT2D eigenvalue weighted by Crippen LogP contribution is -2.49. The number of esters is 1. The minimum absolute atomic E-state index is 0.0749. The first-order chi connectivity index (χ1) is 7.72. The number of rotatable bonds is 2. The van der Waals surface area contributed by atoms with Crippen LogP contribution in [0.5, 0.6) is 0 Å². The van der Waals surface area contributed by atoms with E-state index in [9.17, 15) is 4.79 Å². The van der Waals surface area contributed by atoms with Gasteiger partial charge in [-0.1, -0.05) is 0 Å². The van der Waals surface area contributed by atoms with E-state index < -0.39 is 0 Å². The van der Waals surface area contributed by atoms with Gasteiger partial charge in [-0.3, -0.25) is 4.79 Å². The summed E-state index contributed by atoms with van der Waals surface area (Å²) in [6, 6.07) is 0. The molecule has 0 aromatic heterocycles. The van der Waals surface area contributed by atoms with Gasteiger partial charge in [0.05, 0.1) is 12.5 Å². The van der Waals surface area contributed by atoms with E-state index in [2.05, 4.69) is 0 Å². The summed E-state index contributed by atoms with van der Waals surface area (Å²) in [7, 11) is 0. The Hall–Kier alpha value is -0.530. The van der Waals surface area contributed by atoms with E-state index in [0.29, 0.717) is 12.0 Å². The van der Waals surface area contributed by atoms with E-state index in [0.717, 1.165) is 24.7 Å². The topological polar surface area (TPSA) is 26.3 Å². The third-order valence-corrected chi connectivity index (χ3v) is 5.33. The maximum absolute atomic E-state index is 11.8. The highest BCUT2D eigenvalue weighted by molar-refractivity contribution is 5.72. The molecule has 3 bridgehead atoms. The van der Waals surface area contributed by atoms with Gasteiger partial charge >= 0.3 is 5.97 Å². The number of ether oxygens (including phenoxy) is 1. The van der Waals surface area contributed by atoms with Gasteiger partial charge in [-0.15, -0.1) is 0 Å². The van der Waals surface area contributed by atoms with Gasteiger partial charge in [-0.05, 0) is 69.1 Å². The average molecular weight is 222 g/mol. The van der Waals surface area contributed by atoms with Gasteiger partial charge in [0.25, 0.3) is 0 Å². The van der Waals surface area contributed by atoms with Gasteiger partial charge in [0.15, 0.2) is 0 Å². The molecule has 0 aromatic carbocycles. The monoisotopic (exact) mass is 222 g/mol. The molecule has 0 radical (unpaired) electrons. The summed E-state index contributed by atoms with van der Waals surface area (Å²) in [6.07, 6.45) is 9.21. The zero-order valence-corrected chi connectivity index (χ0v) is 10.2. The van der Waals surface area contributed by atoms with Crippen LogP contribution >= 0.6 is 0 Å². The van der Waals surface area contributed by atoms with Crippen molar-refractivity contribution in [2.45, 2.75) is 51.9 Å². The van der Waals surface area contributed by atoms with E-state index >= 15 is 0 Å². The van der Waals surface area contributed by atoms with Crippen molar-refractivity contribution in [2.24, 2.45) is 23.2 Å². The molecule has 2 nitrogen and oxygen atoms in total. The molecule has 0 amide bonds. The first-order valence-corrected chi connectivity index (χ1v) is 6.89. The second-order valence-corrected chi connectivity index (χ2v) is 6.19. The van der Waals surface area contributed by atoms with E-state index in [4.69, 9.17) is 4.74 Å². The molecule has 0 heterocycles. The van der Waals surface area contributed by atoms with E-state index in [1.165, 1.54) is 32.1 Å². The molecule has 6 fully saturated rings. The fourth-order valence-corrected chi connectivity index (χ4v) is 4.39. The smallest absolute Gasteiger partial charge is 0.308 e. The van der Waals surface area contributed by atoms with Gasteiger partial charge in [0.1, 0.15) is 0 Å². The number of hydrogen-bond donors (Lipinski definition) is 0. The van der Waals surface area contributed by atoms with Crippen LogP contribution in [0.1, 0.15) is 51.9 Å². The Bertz CT molecular complexity index is 286. The quantitative estimate of drug-likeness (QED) is 0.671. The van der Waals surface area contributed by atoms with Crippen LogP contribution in [0, 0.1) is 23.2 Å². The third-order valence-electron chi connectivity index (χ3n) is 5.33. The summed E-state index contributed by atoms with van der Waals surface area (Å²) in [5.41, 5.74) is 0.659. The molecule has 2 atom stereocenters. The minimum atomic E-state index is 0.0749. The third kappa shape index (κ3) is 1.57. The number of carbonyl (C=O) groups is 1. The Morgan fingerprint density at radius 3 is 2.62 bits per heavy atom. The zero-order chi connectivity index (χ0) is 11.2. The van der Waals surface area contributed by atoms with Crippen molar-refractivity contribution in [3.8, 4) is 0 Å². The average Bonchev–Trinajstić information content (AvgIpc) is 2.17. The molecule has 90 valence electrons. The lowest BCUT2D eigenvalue weighted by atomic mass is 9.46. The molecule has 6 aliphatic rings. The second-order valence-electron chi connectivity index (χ2n) is 6.19. The molecule has 16 heavy (non-hydrogen) atoms.